The van der Waals surface area contributed by atoms with Gasteiger partial charge in [0.25, 0.3) is 0 Å². The number of thiophene rings is 1. The molecule has 0 spiro atoms. The van der Waals surface area contributed by atoms with Crippen LogP contribution in [-0.2, 0) is 12.8 Å². The third-order valence-corrected chi connectivity index (χ3v) is 7.70. The number of anilines is 1. The Balaban J connectivity index is 1.64. The number of carbonyl (C=O) groups excluding carboxylic acids is 1. The summed E-state index contributed by atoms with van der Waals surface area (Å²) in [6.45, 7) is 15.9. The lowest BCUT2D eigenvalue weighted by molar-refractivity contribution is 0.185. The molecule has 170 valence electrons. The molecule has 2 amide bonds. The van der Waals surface area contributed by atoms with Crippen molar-refractivity contribution in [3.63, 3.8) is 0 Å². The SMILES string of the molecule is CC[C@@H](C)c1nc(N2CCN(C(=O)NC(C)(C)C)CC2)c2c3c(sc2n1)C[C@@H](C)CC3. The second-order valence-corrected chi connectivity index (χ2v) is 11.5. The normalized spacial score (nSPS) is 20.6. The van der Waals surface area contributed by atoms with Gasteiger partial charge in [0.15, 0.2) is 0 Å². The van der Waals surface area contributed by atoms with Crippen LogP contribution in [0.4, 0.5) is 10.6 Å². The average molecular weight is 444 g/mol. The molecular formula is C24H37N5OS. The van der Waals surface area contributed by atoms with E-state index in [1.54, 1.807) is 0 Å². The van der Waals surface area contributed by atoms with Gasteiger partial charge in [-0.1, -0.05) is 20.8 Å². The Labute approximate surface area is 190 Å². The van der Waals surface area contributed by atoms with E-state index in [9.17, 15) is 4.79 Å². The van der Waals surface area contributed by atoms with Gasteiger partial charge in [0.2, 0.25) is 0 Å². The molecule has 0 bridgehead atoms. The second kappa shape index (κ2) is 8.57. The molecule has 2 atom stereocenters. The van der Waals surface area contributed by atoms with E-state index in [0.29, 0.717) is 5.92 Å². The van der Waals surface area contributed by atoms with Crippen LogP contribution in [0, 0.1) is 5.92 Å². The van der Waals surface area contributed by atoms with Gasteiger partial charge in [-0.05, 0) is 57.9 Å². The van der Waals surface area contributed by atoms with Crippen molar-refractivity contribution in [1.29, 1.82) is 0 Å². The topological polar surface area (TPSA) is 61.4 Å². The van der Waals surface area contributed by atoms with E-state index in [-0.39, 0.29) is 11.6 Å². The van der Waals surface area contributed by atoms with Gasteiger partial charge in [-0.3, -0.25) is 0 Å². The highest BCUT2D eigenvalue weighted by atomic mass is 32.1. The first-order valence-electron chi connectivity index (χ1n) is 11.8. The number of piperazine rings is 1. The summed E-state index contributed by atoms with van der Waals surface area (Å²) in [6, 6.07) is 0.0298. The maximum atomic E-state index is 12.6. The highest BCUT2D eigenvalue weighted by Crippen LogP contribution is 2.41. The van der Waals surface area contributed by atoms with Gasteiger partial charge in [0, 0.05) is 42.5 Å². The fourth-order valence-corrected chi connectivity index (χ4v) is 5.88. The third-order valence-electron chi connectivity index (χ3n) is 6.55. The Morgan fingerprint density at radius 2 is 1.94 bits per heavy atom. The van der Waals surface area contributed by atoms with Crippen molar-refractivity contribution in [1.82, 2.24) is 20.2 Å². The van der Waals surface area contributed by atoms with E-state index >= 15 is 0 Å². The van der Waals surface area contributed by atoms with Crippen LogP contribution < -0.4 is 10.2 Å². The number of carbonyl (C=O) groups is 1. The zero-order valence-electron chi connectivity index (χ0n) is 19.9. The molecular weight excluding hydrogens is 406 g/mol. The molecule has 3 heterocycles. The molecule has 0 radical (unpaired) electrons. The van der Waals surface area contributed by atoms with Crippen LogP contribution >= 0.6 is 11.3 Å². The number of amides is 2. The number of nitrogens with zero attached hydrogens (tertiary/aromatic N) is 4. The van der Waals surface area contributed by atoms with Crippen LogP contribution in [0.1, 0.15) is 76.6 Å². The Bertz CT molecular complexity index is 955. The first kappa shape index (κ1) is 22.3. The van der Waals surface area contributed by atoms with Gasteiger partial charge >= 0.3 is 6.03 Å². The van der Waals surface area contributed by atoms with Crippen molar-refractivity contribution in [2.45, 2.75) is 78.7 Å². The fraction of sp³-hybridized carbons (Fsp3) is 0.708. The van der Waals surface area contributed by atoms with Crippen molar-refractivity contribution >= 4 is 33.4 Å². The molecule has 0 saturated carbocycles. The predicted octanol–water partition coefficient (Wildman–Crippen LogP) is 4.96. The van der Waals surface area contributed by atoms with Crippen molar-refractivity contribution < 1.29 is 4.79 Å². The molecule has 2 aromatic rings. The smallest absolute Gasteiger partial charge is 0.317 e. The summed E-state index contributed by atoms with van der Waals surface area (Å²) in [7, 11) is 0. The van der Waals surface area contributed by atoms with Crippen molar-refractivity contribution in [3.8, 4) is 0 Å². The van der Waals surface area contributed by atoms with E-state index in [2.05, 4.69) is 31.0 Å². The summed E-state index contributed by atoms with van der Waals surface area (Å²) in [5.41, 5.74) is 1.27. The summed E-state index contributed by atoms with van der Waals surface area (Å²) in [5, 5.41) is 4.37. The summed E-state index contributed by atoms with van der Waals surface area (Å²) in [6.07, 6.45) is 4.57. The lowest BCUT2D eigenvalue weighted by Gasteiger charge is -2.37. The summed E-state index contributed by atoms with van der Waals surface area (Å²) < 4.78 is 0. The monoisotopic (exact) mass is 443 g/mol. The molecule has 0 unspecified atom stereocenters. The van der Waals surface area contributed by atoms with Crippen molar-refractivity contribution in [2.24, 2.45) is 5.92 Å². The van der Waals surface area contributed by atoms with Gasteiger partial charge < -0.3 is 15.1 Å². The highest BCUT2D eigenvalue weighted by Gasteiger charge is 2.29. The Morgan fingerprint density at radius 1 is 1.23 bits per heavy atom. The van der Waals surface area contributed by atoms with Crippen molar-refractivity contribution in [2.75, 3.05) is 31.1 Å². The highest BCUT2D eigenvalue weighted by molar-refractivity contribution is 7.19. The molecule has 1 aliphatic heterocycles. The largest absolute Gasteiger partial charge is 0.352 e. The summed E-state index contributed by atoms with van der Waals surface area (Å²) in [4.78, 5) is 29.7. The number of fused-ring (bicyclic) bond motifs is 3. The number of urea groups is 1. The minimum atomic E-state index is -0.217. The van der Waals surface area contributed by atoms with Gasteiger partial charge in [-0.2, -0.15) is 0 Å². The quantitative estimate of drug-likeness (QED) is 0.728. The van der Waals surface area contributed by atoms with E-state index in [1.165, 1.54) is 22.2 Å². The molecule has 0 aromatic carbocycles. The molecule has 1 aliphatic carbocycles. The first-order chi connectivity index (χ1) is 14.7. The third kappa shape index (κ3) is 4.66. The number of hydrogen-bond donors (Lipinski definition) is 1. The van der Waals surface area contributed by atoms with Gasteiger partial charge in [-0.15, -0.1) is 11.3 Å². The van der Waals surface area contributed by atoms with Crippen molar-refractivity contribution in [3.05, 3.63) is 16.3 Å². The second-order valence-electron chi connectivity index (χ2n) is 10.4. The predicted molar refractivity (Wildman–Crippen MR) is 129 cm³/mol. The van der Waals surface area contributed by atoms with Crippen LogP contribution in [-0.4, -0.2) is 52.6 Å². The fourth-order valence-electron chi connectivity index (χ4n) is 4.49. The molecule has 4 rings (SSSR count). The lowest BCUT2D eigenvalue weighted by Crippen LogP contribution is -2.55. The van der Waals surface area contributed by atoms with E-state index in [1.807, 2.05) is 37.0 Å². The van der Waals surface area contributed by atoms with E-state index in [4.69, 9.17) is 9.97 Å². The molecule has 2 aromatic heterocycles. The minimum Gasteiger partial charge on any atom is -0.352 e. The average Bonchev–Trinajstić information content (AvgIpc) is 3.08. The number of aryl methyl sites for hydroxylation is 1. The lowest BCUT2D eigenvalue weighted by atomic mass is 9.89. The number of nitrogens with one attached hydrogen (secondary N) is 1. The zero-order chi connectivity index (χ0) is 22.3. The molecule has 1 N–H and O–H groups in total. The first-order valence-corrected chi connectivity index (χ1v) is 12.6. The van der Waals surface area contributed by atoms with Crippen LogP contribution in [0.2, 0.25) is 0 Å². The molecule has 31 heavy (non-hydrogen) atoms. The van der Waals surface area contributed by atoms with E-state index in [0.717, 1.165) is 67.8 Å². The summed E-state index contributed by atoms with van der Waals surface area (Å²) >= 11 is 1.88. The standard InChI is InChI=1S/C24H37N5OS/c1-7-16(3)20-25-21(19-17-9-8-15(2)14-18(17)31-22(19)26-20)28-10-12-29(13-11-28)23(30)27-24(4,5)6/h15-16H,7-14H2,1-6H3,(H,27,30)/t15-,16+/m0/s1. The summed E-state index contributed by atoms with van der Waals surface area (Å²) in [5.74, 6) is 3.16. The molecule has 1 fully saturated rings. The minimum absolute atomic E-state index is 0.0298. The number of hydrogen-bond acceptors (Lipinski definition) is 5. The van der Waals surface area contributed by atoms with E-state index < -0.39 is 0 Å². The maximum absolute atomic E-state index is 12.6. The zero-order valence-corrected chi connectivity index (χ0v) is 20.7. The van der Waals surface area contributed by atoms with Crippen LogP contribution in [0.25, 0.3) is 10.2 Å². The van der Waals surface area contributed by atoms with Crippen LogP contribution in [0.15, 0.2) is 0 Å². The molecule has 7 heteroatoms. The van der Waals surface area contributed by atoms with Gasteiger partial charge in [0.1, 0.15) is 16.5 Å². The maximum Gasteiger partial charge on any atom is 0.317 e. The Kier molecular flexibility index (Phi) is 6.16. The van der Waals surface area contributed by atoms with Gasteiger partial charge in [0.05, 0.1) is 5.39 Å². The molecule has 1 saturated heterocycles. The van der Waals surface area contributed by atoms with Crippen LogP contribution in [0.5, 0.6) is 0 Å². The Morgan fingerprint density at radius 3 is 2.58 bits per heavy atom. The molecule has 2 aliphatic rings. The number of aromatic nitrogens is 2. The number of rotatable bonds is 3. The van der Waals surface area contributed by atoms with Gasteiger partial charge in [-0.25, -0.2) is 14.8 Å². The Hall–Kier alpha value is -1.89. The molecule has 6 nitrogen and oxygen atoms in total. The van der Waals surface area contributed by atoms with Crippen LogP contribution in [0.3, 0.4) is 0 Å².